The summed E-state index contributed by atoms with van der Waals surface area (Å²) in [5.41, 5.74) is 3.24. The van der Waals surface area contributed by atoms with Gasteiger partial charge in [-0.25, -0.2) is 0 Å². The van der Waals surface area contributed by atoms with Crippen LogP contribution in [-0.2, 0) is 12.0 Å². The van der Waals surface area contributed by atoms with Crippen LogP contribution in [-0.4, -0.2) is 16.1 Å². The van der Waals surface area contributed by atoms with Crippen LogP contribution in [0.2, 0.25) is 0 Å². The number of amides is 1. The zero-order valence-electron chi connectivity index (χ0n) is 15.9. The molecule has 3 rings (SSSR count). The Balaban J connectivity index is 1.66. The molecule has 1 aromatic heterocycles. The van der Waals surface area contributed by atoms with Crippen molar-refractivity contribution < 1.29 is 4.79 Å². The molecule has 0 bridgehead atoms. The second kappa shape index (κ2) is 7.99. The Bertz CT molecular complexity index is 900. The summed E-state index contributed by atoms with van der Waals surface area (Å²) in [5, 5.41) is 14.3. The number of anilines is 2. The molecule has 5 heteroatoms. The molecule has 0 spiro atoms. The quantitative estimate of drug-likeness (QED) is 0.696. The highest BCUT2D eigenvalue weighted by Crippen LogP contribution is 2.29. The monoisotopic (exact) mass is 360 g/mol. The average molecular weight is 360 g/mol. The molecule has 0 saturated carbocycles. The maximum absolute atomic E-state index is 12.5. The zero-order chi connectivity index (χ0) is 19.3. The van der Waals surface area contributed by atoms with Crippen LogP contribution in [0, 0.1) is 0 Å². The van der Waals surface area contributed by atoms with Crippen molar-refractivity contribution in [1.82, 2.24) is 10.2 Å². The number of carbonyl (C=O) groups excluding carboxylic acids is 1. The Morgan fingerprint density at radius 1 is 0.889 bits per heavy atom. The lowest BCUT2D eigenvalue weighted by Gasteiger charge is -2.22. The van der Waals surface area contributed by atoms with E-state index in [1.54, 1.807) is 12.1 Å². The van der Waals surface area contributed by atoms with Gasteiger partial charge in [-0.2, -0.15) is 0 Å². The number of hydrogen-bond acceptors (Lipinski definition) is 4. The van der Waals surface area contributed by atoms with Gasteiger partial charge >= 0.3 is 0 Å². The molecular formula is C22H24N4O. The summed E-state index contributed by atoms with van der Waals surface area (Å²) >= 11 is 0. The molecule has 0 aliphatic heterocycles. The molecule has 0 saturated heterocycles. The van der Waals surface area contributed by atoms with Gasteiger partial charge in [-0.05, 0) is 34.7 Å². The first-order chi connectivity index (χ1) is 12.9. The van der Waals surface area contributed by atoms with Crippen molar-refractivity contribution in [2.75, 3.05) is 10.6 Å². The summed E-state index contributed by atoms with van der Waals surface area (Å²) in [5.74, 6) is 0.360. The predicted octanol–water partition coefficient (Wildman–Crippen LogP) is 4.64. The molecule has 1 amide bonds. The minimum absolute atomic E-state index is 0.0687. The van der Waals surface area contributed by atoms with Crippen LogP contribution in [0.3, 0.4) is 0 Å². The smallest absolute Gasteiger partial charge is 0.276 e. The standard InChI is InChI=1S/C22H24N4O/c1-22(2,3)17-11-7-8-12-18(17)24-21(27)19-13-14-20(26-25-19)23-15-16-9-5-4-6-10-16/h4-14H,15H2,1-3H3,(H,23,26)(H,24,27). The summed E-state index contributed by atoms with van der Waals surface area (Å²) in [6, 6.07) is 21.3. The van der Waals surface area contributed by atoms with Gasteiger partial charge in [0.2, 0.25) is 0 Å². The van der Waals surface area contributed by atoms with Crippen LogP contribution in [0.15, 0.2) is 66.7 Å². The van der Waals surface area contributed by atoms with E-state index < -0.39 is 0 Å². The van der Waals surface area contributed by atoms with Crippen molar-refractivity contribution in [2.45, 2.75) is 32.7 Å². The first kappa shape index (κ1) is 18.6. The van der Waals surface area contributed by atoms with Gasteiger partial charge in [0.15, 0.2) is 5.69 Å². The Hall–Kier alpha value is -3.21. The number of nitrogens with zero attached hydrogens (tertiary/aromatic N) is 2. The molecule has 5 nitrogen and oxygen atoms in total. The van der Waals surface area contributed by atoms with Crippen molar-refractivity contribution in [3.05, 3.63) is 83.6 Å². The fourth-order valence-electron chi connectivity index (χ4n) is 2.77. The minimum Gasteiger partial charge on any atom is -0.365 e. The van der Waals surface area contributed by atoms with Gasteiger partial charge in [-0.15, -0.1) is 10.2 Å². The summed E-state index contributed by atoms with van der Waals surface area (Å²) in [6.07, 6.45) is 0. The van der Waals surface area contributed by atoms with E-state index in [-0.39, 0.29) is 17.0 Å². The molecule has 0 aliphatic rings. The molecule has 27 heavy (non-hydrogen) atoms. The molecule has 0 unspecified atom stereocenters. The molecule has 2 N–H and O–H groups in total. The van der Waals surface area contributed by atoms with E-state index in [9.17, 15) is 4.79 Å². The third-order valence-corrected chi connectivity index (χ3v) is 4.20. The average Bonchev–Trinajstić information content (AvgIpc) is 2.67. The number of nitrogens with one attached hydrogen (secondary N) is 2. The Labute approximate surface area is 159 Å². The number of benzene rings is 2. The fraction of sp³-hybridized carbons (Fsp3) is 0.227. The van der Waals surface area contributed by atoms with Gasteiger partial charge in [0.05, 0.1) is 0 Å². The van der Waals surface area contributed by atoms with Crippen LogP contribution in [0.4, 0.5) is 11.5 Å². The second-order valence-corrected chi connectivity index (χ2v) is 7.39. The van der Waals surface area contributed by atoms with E-state index in [1.807, 2.05) is 54.6 Å². The predicted molar refractivity (Wildman–Crippen MR) is 109 cm³/mol. The van der Waals surface area contributed by atoms with Crippen LogP contribution < -0.4 is 10.6 Å². The van der Waals surface area contributed by atoms with Crippen molar-refractivity contribution >= 4 is 17.4 Å². The van der Waals surface area contributed by atoms with Gasteiger partial charge in [0.1, 0.15) is 5.82 Å². The van der Waals surface area contributed by atoms with Gasteiger partial charge < -0.3 is 10.6 Å². The van der Waals surface area contributed by atoms with Crippen molar-refractivity contribution in [3.8, 4) is 0 Å². The lowest BCUT2D eigenvalue weighted by atomic mass is 9.86. The van der Waals surface area contributed by atoms with E-state index in [0.717, 1.165) is 16.8 Å². The molecule has 0 fully saturated rings. The Morgan fingerprint density at radius 2 is 1.59 bits per heavy atom. The van der Waals surface area contributed by atoms with Crippen molar-refractivity contribution in [1.29, 1.82) is 0 Å². The number of carbonyl (C=O) groups is 1. The number of para-hydroxylation sites is 1. The molecule has 0 radical (unpaired) electrons. The maximum Gasteiger partial charge on any atom is 0.276 e. The summed E-state index contributed by atoms with van der Waals surface area (Å²) in [7, 11) is 0. The van der Waals surface area contributed by atoms with E-state index >= 15 is 0 Å². The lowest BCUT2D eigenvalue weighted by Crippen LogP contribution is -2.19. The normalized spacial score (nSPS) is 11.1. The summed E-state index contributed by atoms with van der Waals surface area (Å²) < 4.78 is 0. The molecule has 0 atom stereocenters. The van der Waals surface area contributed by atoms with E-state index in [0.29, 0.717) is 12.4 Å². The largest absolute Gasteiger partial charge is 0.365 e. The number of aromatic nitrogens is 2. The number of hydrogen-bond donors (Lipinski definition) is 2. The van der Waals surface area contributed by atoms with Crippen molar-refractivity contribution in [2.24, 2.45) is 0 Å². The highest BCUT2D eigenvalue weighted by Gasteiger charge is 2.19. The topological polar surface area (TPSA) is 66.9 Å². The maximum atomic E-state index is 12.5. The molecule has 0 aliphatic carbocycles. The molecule has 3 aromatic rings. The van der Waals surface area contributed by atoms with E-state index in [4.69, 9.17) is 0 Å². The SMILES string of the molecule is CC(C)(C)c1ccccc1NC(=O)c1ccc(NCc2ccccc2)nn1. The Morgan fingerprint density at radius 3 is 2.26 bits per heavy atom. The fourth-order valence-corrected chi connectivity index (χ4v) is 2.77. The minimum atomic E-state index is -0.270. The van der Waals surface area contributed by atoms with Crippen LogP contribution in [0.1, 0.15) is 42.4 Å². The molecular weight excluding hydrogens is 336 g/mol. The first-order valence-corrected chi connectivity index (χ1v) is 8.96. The van der Waals surface area contributed by atoms with Gasteiger partial charge in [-0.1, -0.05) is 69.3 Å². The van der Waals surface area contributed by atoms with E-state index in [2.05, 4.69) is 41.6 Å². The third-order valence-electron chi connectivity index (χ3n) is 4.20. The van der Waals surface area contributed by atoms with Crippen LogP contribution >= 0.6 is 0 Å². The summed E-state index contributed by atoms with van der Waals surface area (Å²) in [4.78, 5) is 12.5. The Kier molecular flexibility index (Phi) is 5.50. The molecule has 2 aromatic carbocycles. The molecule has 1 heterocycles. The summed E-state index contributed by atoms with van der Waals surface area (Å²) in [6.45, 7) is 7.00. The zero-order valence-corrected chi connectivity index (χ0v) is 15.9. The lowest BCUT2D eigenvalue weighted by molar-refractivity contribution is 0.102. The van der Waals surface area contributed by atoms with Gasteiger partial charge in [-0.3, -0.25) is 4.79 Å². The second-order valence-electron chi connectivity index (χ2n) is 7.39. The highest BCUT2D eigenvalue weighted by atomic mass is 16.1. The van der Waals surface area contributed by atoms with Crippen LogP contribution in [0.25, 0.3) is 0 Å². The van der Waals surface area contributed by atoms with E-state index in [1.165, 1.54) is 0 Å². The third kappa shape index (κ3) is 4.91. The van der Waals surface area contributed by atoms with Gasteiger partial charge in [0, 0.05) is 12.2 Å². The van der Waals surface area contributed by atoms with Crippen LogP contribution in [0.5, 0.6) is 0 Å². The number of rotatable bonds is 5. The first-order valence-electron chi connectivity index (χ1n) is 8.96. The van der Waals surface area contributed by atoms with Gasteiger partial charge in [0.25, 0.3) is 5.91 Å². The molecule has 138 valence electrons. The van der Waals surface area contributed by atoms with Crippen molar-refractivity contribution in [3.63, 3.8) is 0 Å². The highest BCUT2D eigenvalue weighted by molar-refractivity contribution is 6.03.